The van der Waals surface area contributed by atoms with Gasteiger partial charge in [0, 0.05) is 11.6 Å². The van der Waals surface area contributed by atoms with Crippen LogP contribution in [0.25, 0.3) is 11.1 Å². The highest BCUT2D eigenvalue weighted by atomic mass is 19.1. The maximum atomic E-state index is 12.8. The van der Waals surface area contributed by atoms with E-state index in [9.17, 15) is 9.50 Å². The van der Waals surface area contributed by atoms with E-state index >= 15 is 0 Å². The molecular formula is C14H14FNO. The van der Waals surface area contributed by atoms with Crippen LogP contribution in [0.3, 0.4) is 0 Å². The lowest BCUT2D eigenvalue weighted by atomic mass is 9.99. The Morgan fingerprint density at radius 2 is 1.65 bits per heavy atom. The molecule has 0 radical (unpaired) electrons. The molecule has 1 atom stereocenters. The Bertz CT molecular complexity index is 520. The average molecular weight is 231 g/mol. The van der Waals surface area contributed by atoms with Crippen LogP contribution in [-0.2, 0) is 0 Å². The molecule has 0 amide bonds. The quantitative estimate of drug-likeness (QED) is 0.833. The van der Waals surface area contributed by atoms with Gasteiger partial charge in [0.1, 0.15) is 11.6 Å². The Morgan fingerprint density at radius 3 is 2.24 bits per heavy atom. The minimum Gasteiger partial charge on any atom is -0.508 e. The molecule has 0 aliphatic rings. The van der Waals surface area contributed by atoms with E-state index in [2.05, 4.69) is 0 Å². The van der Waals surface area contributed by atoms with E-state index in [0.29, 0.717) is 5.56 Å². The average Bonchev–Trinajstić information content (AvgIpc) is 2.30. The minimum atomic E-state index is -0.264. The van der Waals surface area contributed by atoms with Gasteiger partial charge < -0.3 is 10.8 Å². The summed E-state index contributed by atoms with van der Waals surface area (Å²) in [6, 6.07) is 11.2. The van der Waals surface area contributed by atoms with Crippen molar-refractivity contribution in [3.63, 3.8) is 0 Å². The van der Waals surface area contributed by atoms with Crippen molar-refractivity contribution < 1.29 is 9.50 Å². The first kappa shape index (κ1) is 11.6. The van der Waals surface area contributed by atoms with Crippen LogP contribution in [0.15, 0.2) is 42.5 Å². The summed E-state index contributed by atoms with van der Waals surface area (Å²) < 4.78 is 12.8. The molecule has 88 valence electrons. The van der Waals surface area contributed by atoms with Crippen molar-refractivity contribution in [3.8, 4) is 16.9 Å². The SMILES string of the molecule is CC(N)c1cc(-c2ccc(F)cc2)ccc1O. The van der Waals surface area contributed by atoms with Crippen LogP contribution in [0.4, 0.5) is 4.39 Å². The van der Waals surface area contributed by atoms with Crippen molar-refractivity contribution in [2.75, 3.05) is 0 Å². The molecule has 2 rings (SSSR count). The molecule has 0 heterocycles. The summed E-state index contributed by atoms with van der Waals surface area (Å²) in [5, 5.41) is 9.66. The third-order valence-electron chi connectivity index (χ3n) is 2.70. The molecule has 2 nitrogen and oxygen atoms in total. The Labute approximate surface area is 99.5 Å². The highest BCUT2D eigenvalue weighted by Crippen LogP contribution is 2.29. The van der Waals surface area contributed by atoms with Crippen molar-refractivity contribution in [2.24, 2.45) is 5.73 Å². The van der Waals surface area contributed by atoms with Crippen LogP contribution in [0, 0.1) is 5.82 Å². The fourth-order valence-corrected chi connectivity index (χ4v) is 1.74. The molecule has 0 fully saturated rings. The Kier molecular flexibility index (Phi) is 3.11. The lowest BCUT2D eigenvalue weighted by Gasteiger charge is -2.10. The fraction of sp³-hybridized carbons (Fsp3) is 0.143. The van der Waals surface area contributed by atoms with Crippen LogP contribution >= 0.6 is 0 Å². The van der Waals surface area contributed by atoms with Gasteiger partial charge in [-0.15, -0.1) is 0 Å². The van der Waals surface area contributed by atoms with Gasteiger partial charge in [0.05, 0.1) is 0 Å². The van der Waals surface area contributed by atoms with E-state index in [-0.39, 0.29) is 17.6 Å². The number of phenols is 1. The van der Waals surface area contributed by atoms with Crippen molar-refractivity contribution >= 4 is 0 Å². The summed E-state index contributed by atoms with van der Waals surface area (Å²) in [7, 11) is 0. The van der Waals surface area contributed by atoms with Crippen molar-refractivity contribution in [3.05, 3.63) is 53.8 Å². The highest BCUT2D eigenvalue weighted by Gasteiger charge is 2.08. The molecule has 0 bridgehead atoms. The molecule has 0 spiro atoms. The molecule has 1 unspecified atom stereocenters. The van der Waals surface area contributed by atoms with Crippen molar-refractivity contribution in [1.82, 2.24) is 0 Å². The summed E-state index contributed by atoms with van der Waals surface area (Å²) in [6.45, 7) is 1.81. The molecule has 0 saturated carbocycles. The summed E-state index contributed by atoms with van der Waals surface area (Å²) in [5.41, 5.74) is 8.26. The minimum absolute atomic E-state index is 0.186. The standard InChI is InChI=1S/C14H14FNO/c1-9(16)13-8-11(4-7-14(13)17)10-2-5-12(15)6-3-10/h2-9,17H,16H2,1H3. The lowest BCUT2D eigenvalue weighted by molar-refractivity contribution is 0.464. The molecule has 2 aromatic carbocycles. The zero-order chi connectivity index (χ0) is 12.4. The summed E-state index contributed by atoms with van der Waals surface area (Å²) in [6.07, 6.45) is 0. The van der Waals surface area contributed by atoms with E-state index in [1.807, 2.05) is 13.0 Å². The van der Waals surface area contributed by atoms with Crippen LogP contribution in [0.5, 0.6) is 5.75 Å². The van der Waals surface area contributed by atoms with Gasteiger partial charge in [0.25, 0.3) is 0 Å². The van der Waals surface area contributed by atoms with Gasteiger partial charge in [0.15, 0.2) is 0 Å². The number of aromatic hydroxyl groups is 1. The number of halogens is 1. The maximum absolute atomic E-state index is 12.8. The topological polar surface area (TPSA) is 46.2 Å². The second kappa shape index (κ2) is 4.55. The smallest absolute Gasteiger partial charge is 0.123 e. The second-order valence-electron chi connectivity index (χ2n) is 4.07. The second-order valence-corrected chi connectivity index (χ2v) is 4.07. The summed E-state index contributed by atoms with van der Waals surface area (Å²) in [4.78, 5) is 0. The van der Waals surface area contributed by atoms with E-state index < -0.39 is 0 Å². The number of benzene rings is 2. The number of hydrogen-bond donors (Lipinski definition) is 2. The fourth-order valence-electron chi connectivity index (χ4n) is 1.74. The number of rotatable bonds is 2. The molecule has 3 heteroatoms. The third kappa shape index (κ3) is 2.45. The zero-order valence-electron chi connectivity index (χ0n) is 9.52. The van der Waals surface area contributed by atoms with Gasteiger partial charge in [0.2, 0.25) is 0 Å². The Hall–Kier alpha value is -1.87. The largest absolute Gasteiger partial charge is 0.508 e. The molecule has 17 heavy (non-hydrogen) atoms. The first-order valence-electron chi connectivity index (χ1n) is 5.42. The predicted octanol–water partition coefficient (Wildman–Crippen LogP) is 3.22. The molecule has 0 aliphatic carbocycles. The predicted molar refractivity (Wildman–Crippen MR) is 66.1 cm³/mol. The lowest BCUT2D eigenvalue weighted by Crippen LogP contribution is -2.05. The van der Waals surface area contributed by atoms with E-state index in [1.165, 1.54) is 12.1 Å². The van der Waals surface area contributed by atoms with E-state index in [4.69, 9.17) is 5.73 Å². The normalized spacial score (nSPS) is 12.4. The van der Waals surface area contributed by atoms with E-state index in [0.717, 1.165) is 11.1 Å². The molecule has 0 saturated heterocycles. The van der Waals surface area contributed by atoms with E-state index in [1.54, 1.807) is 24.3 Å². The summed E-state index contributed by atoms with van der Waals surface area (Å²) >= 11 is 0. The monoisotopic (exact) mass is 231 g/mol. The Balaban J connectivity index is 2.46. The zero-order valence-corrected chi connectivity index (χ0v) is 9.52. The van der Waals surface area contributed by atoms with Crippen molar-refractivity contribution in [2.45, 2.75) is 13.0 Å². The number of phenolic OH excluding ortho intramolecular Hbond substituents is 1. The van der Waals surface area contributed by atoms with Crippen LogP contribution < -0.4 is 5.73 Å². The van der Waals surface area contributed by atoms with Gasteiger partial charge in [-0.05, 0) is 42.3 Å². The molecule has 3 N–H and O–H groups in total. The number of nitrogens with two attached hydrogens (primary N) is 1. The van der Waals surface area contributed by atoms with Crippen LogP contribution in [0.1, 0.15) is 18.5 Å². The van der Waals surface area contributed by atoms with Gasteiger partial charge in [-0.25, -0.2) is 4.39 Å². The first-order valence-corrected chi connectivity index (χ1v) is 5.42. The van der Waals surface area contributed by atoms with Gasteiger partial charge in [-0.1, -0.05) is 18.2 Å². The van der Waals surface area contributed by atoms with Gasteiger partial charge in [-0.2, -0.15) is 0 Å². The molecule has 0 aliphatic heterocycles. The van der Waals surface area contributed by atoms with Crippen molar-refractivity contribution in [1.29, 1.82) is 0 Å². The van der Waals surface area contributed by atoms with Crippen LogP contribution in [-0.4, -0.2) is 5.11 Å². The maximum Gasteiger partial charge on any atom is 0.123 e. The Morgan fingerprint density at radius 1 is 1.06 bits per heavy atom. The first-order chi connectivity index (χ1) is 8.08. The third-order valence-corrected chi connectivity index (χ3v) is 2.70. The highest BCUT2D eigenvalue weighted by molar-refractivity contribution is 5.65. The van der Waals surface area contributed by atoms with Gasteiger partial charge in [-0.3, -0.25) is 0 Å². The number of hydrogen-bond acceptors (Lipinski definition) is 2. The van der Waals surface area contributed by atoms with Crippen LogP contribution in [0.2, 0.25) is 0 Å². The molecule has 0 aromatic heterocycles. The summed E-state index contributed by atoms with van der Waals surface area (Å²) in [5.74, 6) is -0.0780. The molecular weight excluding hydrogens is 217 g/mol. The molecule has 2 aromatic rings. The van der Waals surface area contributed by atoms with Gasteiger partial charge >= 0.3 is 0 Å².